The first-order valence-electron chi connectivity index (χ1n) is 9.37. The molecule has 0 aromatic carbocycles. The molecule has 0 saturated heterocycles. The van der Waals surface area contributed by atoms with Gasteiger partial charge in [-0.2, -0.15) is 5.10 Å². The molecule has 4 aromatic rings. The van der Waals surface area contributed by atoms with Gasteiger partial charge in [0.2, 0.25) is 0 Å². The number of rotatable bonds is 6. The summed E-state index contributed by atoms with van der Waals surface area (Å²) < 4.78 is 39.7. The maximum atomic E-state index is 13.0. The van der Waals surface area contributed by atoms with Gasteiger partial charge in [-0.3, -0.25) is 4.68 Å². The fourth-order valence-corrected chi connectivity index (χ4v) is 3.74. The molecule has 2 N–H and O–H groups in total. The zero-order valence-electron chi connectivity index (χ0n) is 17.4. The number of anilines is 4. The molecule has 0 aliphatic rings. The van der Waals surface area contributed by atoms with Crippen LogP contribution in [0.25, 0.3) is 11.1 Å². The molecule has 0 saturated carbocycles. The van der Waals surface area contributed by atoms with Gasteiger partial charge in [-0.15, -0.1) is 0 Å². The summed E-state index contributed by atoms with van der Waals surface area (Å²) in [6.07, 6.45) is 6.72. The van der Waals surface area contributed by atoms with Gasteiger partial charge >= 0.3 is 0 Å². The van der Waals surface area contributed by atoms with Crippen LogP contribution in [-0.4, -0.2) is 44.4 Å². The summed E-state index contributed by atoms with van der Waals surface area (Å²) in [6.45, 7) is 1.89. The fourth-order valence-electron chi connectivity index (χ4n) is 2.95. The lowest BCUT2D eigenvalue weighted by molar-refractivity contribution is 0.602. The van der Waals surface area contributed by atoms with Crippen molar-refractivity contribution >= 4 is 33.1 Å². The molecule has 0 bridgehead atoms. The first kappa shape index (κ1) is 21.3. The largest absolute Gasteiger partial charge is 0.325 e. The molecule has 0 atom stereocenters. The van der Waals surface area contributed by atoms with Crippen LogP contribution in [0.2, 0.25) is 0 Å². The smallest absolute Gasteiger partial charge is 0.179 e. The fraction of sp³-hybridized carbons (Fsp3) is 0.150. The van der Waals surface area contributed by atoms with Gasteiger partial charge in [-0.25, -0.2) is 32.7 Å². The van der Waals surface area contributed by atoms with Crippen LogP contribution in [0.5, 0.6) is 0 Å². The van der Waals surface area contributed by atoms with E-state index in [1.54, 1.807) is 29.2 Å². The second-order valence-corrected chi connectivity index (χ2v) is 8.99. The molecular formula is C20H19FN8O2S. The lowest BCUT2D eigenvalue weighted by Gasteiger charge is -2.12. The van der Waals surface area contributed by atoms with Crippen LogP contribution >= 0.6 is 0 Å². The zero-order chi connectivity index (χ0) is 22.9. The van der Waals surface area contributed by atoms with Crippen molar-refractivity contribution in [1.82, 2.24) is 29.7 Å². The molecule has 0 aliphatic heterocycles. The predicted octanol–water partition coefficient (Wildman–Crippen LogP) is 3.01. The molecule has 0 spiro atoms. The van der Waals surface area contributed by atoms with E-state index in [9.17, 15) is 12.8 Å². The van der Waals surface area contributed by atoms with Crippen molar-refractivity contribution in [3.05, 3.63) is 60.7 Å². The van der Waals surface area contributed by atoms with Crippen molar-refractivity contribution in [2.24, 2.45) is 7.05 Å². The van der Waals surface area contributed by atoms with Crippen LogP contribution in [0.15, 0.2) is 54.1 Å². The predicted molar refractivity (Wildman–Crippen MR) is 117 cm³/mol. The van der Waals surface area contributed by atoms with Gasteiger partial charge in [0.15, 0.2) is 9.84 Å². The van der Waals surface area contributed by atoms with Crippen molar-refractivity contribution in [3.8, 4) is 11.1 Å². The second kappa shape index (κ2) is 8.30. The molecule has 0 aliphatic carbocycles. The molecule has 164 valence electrons. The highest BCUT2D eigenvalue weighted by Crippen LogP contribution is 2.29. The van der Waals surface area contributed by atoms with E-state index in [1.165, 1.54) is 18.5 Å². The number of halogens is 1. The molecule has 0 fully saturated rings. The SMILES string of the molecule is Cc1c(-c2cnc(Nc3cc(Nc4ccc(F)cn4)ncn3)c(S(C)(=O)=O)c2)cnn1C. The number of aryl methyl sites for hydroxylation is 1. The third-order valence-corrected chi connectivity index (χ3v) is 5.81. The highest BCUT2D eigenvalue weighted by molar-refractivity contribution is 7.90. The van der Waals surface area contributed by atoms with Crippen molar-refractivity contribution in [3.63, 3.8) is 0 Å². The topological polar surface area (TPSA) is 128 Å². The number of nitrogens with one attached hydrogen (secondary N) is 2. The normalized spacial score (nSPS) is 11.4. The summed E-state index contributed by atoms with van der Waals surface area (Å²) in [4.78, 5) is 16.5. The van der Waals surface area contributed by atoms with Crippen LogP contribution in [0.3, 0.4) is 0 Å². The molecule has 0 unspecified atom stereocenters. The van der Waals surface area contributed by atoms with Gasteiger partial charge in [-0.05, 0) is 25.1 Å². The Morgan fingerprint density at radius 3 is 2.31 bits per heavy atom. The highest BCUT2D eigenvalue weighted by Gasteiger charge is 2.18. The molecule has 4 aromatic heterocycles. The summed E-state index contributed by atoms with van der Waals surface area (Å²) in [7, 11) is -1.80. The Balaban J connectivity index is 1.65. The monoisotopic (exact) mass is 454 g/mol. The molecule has 4 heterocycles. The Morgan fingerprint density at radius 2 is 1.69 bits per heavy atom. The van der Waals surface area contributed by atoms with Gasteiger partial charge in [0.25, 0.3) is 0 Å². The summed E-state index contributed by atoms with van der Waals surface area (Å²) in [5, 5.41) is 10.1. The van der Waals surface area contributed by atoms with Crippen LogP contribution < -0.4 is 10.6 Å². The Bertz CT molecular complexity index is 1390. The van der Waals surface area contributed by atoms with Crippen LogP contribution in [0.4, 0.5) is 27.7 Å². The van der Waals surface area contributed by atoms with E-state index in [0.29, 0.717) is 23.0 Å². The summed E-state index contributed by atoms with van der Waals surface area (Å²) >= 11 is 0. The zero-order valence-corrected chi connectivity index (χ0v) is 18.2. The van der Waals surface area contributed by atoms with Crippen molar-refractivity contribution in [2.45, 2.75) is 11.8 Å². The molecule has 0 amide bonds. The van der Waals surface area contributed by atoms with Crippen molar-refractivity contribution in [2.75, 3.05) is 16.9 Å². The number of hydrogen-bond donors (Lipinski definition) is 2. The van der Waals surface area contributed by atoms with E-state index >= 15 is 0 Å². The average Bonchev–Trinajstić information content (AvgIpc) is 3.08. The minimum Gasteiger partial charge on any atom is -0.325 e. The maximum Gasteiger partial charge on any atom is 0.179 e. The minimum absolute atomic E-state index is 0.0200. The van der Waals surface area contributed by atoms with E-state index in [2.05, 4.69) is 35.7 Å². The molecule has 10 nitrogen and oxygen atoms in total. The maximum absolute atomic E-state index is 13.0. The first-order chi connectivity index (χ1) is 15.2. The van der Waals surface area contributed by atoms with Crippen LogP contribution in [0, 0.1) is 12.7 Å². The minimum atomic E-state index is -3.61. The van der Waals surface area contributed by atoms with Crippen molar-refractivity contribution < 1.29 is 12.8 Å². The van der Waals surface area contributed by atoms with Crippen molar-refractivity contribution in [1.29, 1.82) is 0 Å². The number of sulfone groups is 1. The third-order valence-electron chi connectivity index (χ3n) is 4.70. The third kappa shape index (κ3) is 4.54. The standard InChI is InChI=1S/C20H19FN8O2S/c1-12-15(10-26-29(12)2)13-6-16(32(3,30)31)20(23-8-13)28-19-7-18(24-11-25-19)27-17-5-4-14(21)9-22-17/h4-11H,1-3H3,(H2,22,23,24,25,27,28). The van der Waals surface area contributed by atoms with Gasteiger partial charge in [-0.1, -0.05) is 0 Å². The highest BCUT2D eigenvalue weighted by atomic mass is 32.2. The first-order valence-corrected chi connectivity index (χ1v) is 11.3. The summed E-state index contributed by atoms with van der Waals surface area (Å²) in [5.41, 5.74) is 2.30. The van der Waals surface area contributed by atoms with E-state index in [0.717, 1.165) is 23.7 Å². The summed E-state index contributed by atoms with van der Waals surface area (Å²) in [6, 6.07) is 5.84. The Hall–Kier alpha value is -3.93. The lowest BCUT2D eigenvalue weighted by Crippen LogP contribution is -2.07. The Morgan fingerprint density at radius 1 is 0.938 bits per heavy atom. The summed E-state index contributed by atoms with van der Waals surface area (Å²) in [5.74, 6) is 0.756. The van der Waals surface area contributed by atoms with E-state index in [-0.39, 0.29) is 10.7 Å². The van der Waals surface area contributed by atoms with Gasteiger partial charge in [0.05, 0.1) is 12.4 Å². The second-order valence-electron chi connectivity index (χ2n) is 7.01. The van der Waals surface area contributed by atoms with Crippen LogP contribution in [-0.2, 0) is 16.9 Å². The number of hydrogen-bond acceptors (Lipinski definition) is 9. The average molecular weight is 454 g/mol. The molecule has 0 radical (unpaired) electrons. The van der Waals surface area contributed by atoms with E-state index < -0.39 is 15.7 Å². The van der Waals surface area contributed by atoms with Gasteiger partial charge in [0, 0.05) is 42.4 Å². The number of nitrogens with zero attached hydrogens (tertiary/aromatic N) is 6. The van der Waals surface area contributed by atoms with Crippen LogP contribution in [0.1, 0.15) is 5.69 Å². The molecule has 32 heavy (non-hydrogen) atoms. The quantitative estimate of drug-likeness (QED) is 0.452. The Kier molecular flexibility index (Phi) is 5.53. The molecule has 12 heteroatoms. The van der Waals surface area contributed by atoms with E-state index in [4.69, 9.17) is 0 Å². The molecular weight excluding hydrogens is 435 g/mol. The Labute approximate surface area is 183 Å². The lowest BCUT2D eigenvalue weighted by atomic mass is 10.1. The van der Waals surface area contributed by atoms with E-state index in [1.807, 2.05) is 14.0 Å². The van der Waals surface area contributed by atoms with Gasteiger partial charge in [0.1, 0.15) is 40.3 Å². The number of aromatic nitrogens is 6. The number of pyridine rings is 2. The molecule has 4 rings (SSSR count). The van der Waals surface area contributed by atoms with Gasteiger partial charge < -0.3 is 10.6 Å².